The fraction of sp³-hybridized carbons (Fsp3) is 0.261. The summed E-state index contributed by atoms with van der Waals surface area (Å²) in [7, 11) is -2.41. The Balaban J connectivity index is 1.74. The minimum atomic E-state index is -3.77. The lowest BCUT2D eigenvalue weighted by atomic mass is 9.85. The van der Waals surface area contributed by atoms with E-state index in [-0.39, 0.29) is 22.8 Å². The number of sulfone groups is 1. The molecule has 0 amide bonds. The van der Waals surface area contributed by atoms with Crippen molar-refractivity contribution in [2.24, 2.45) is 0 Å². The number of nitrogens with one attached hydrogen (secondary N) is 2. The molecule has 0 unspecified atom stereocenters. The molecule has 0 saturated heterocycles. The molecular formula is C23H22FN5O3S. The summed E-state index contributed by atoms with van der Waals surface area (Å²) in [4.78, 5) is 8.24. The summed E-state index contributed by atoms with van der Waals surface area (Å²) in [5, 5.41) is 15.8. The van der Waals surface area contributed by atoms with Gasteiger partial charge in [-0.15, -0.1) is 0 Å². The van der Waals surface area contributed by atoms with Crippen LogP contribution in [0.4, 0.5) is 21.7 Å². The molecule has 2 aromatic carbocycles. The molecule has 0 fully saturated rings. The van der Waals surface area contributed by atoms with Gasteiger partial charge in [0.15, 0.2) is 9.84 Å². The van der Waals surface area contributed by atoms with Gasteiger partial charge in [0, 0.05) is 42.1 Å². The lowest BCUT2D eigenvalue weighted by Gasteiger charge is -2.18. The zero-order valence-electron chi connectivity index (χ0n) is 18.5. The van der Waals surface area contributed by atoms with E-state index in [4.69, 9.17) is 4.74 Å². The summed E-state index contributed by atoms with van der Waals surface area (Å²) in [6, 6.07) is 9.87. The zero-order chi connectivity index (χ0) is 24.0. The molecule has 0 bridgehead atoms. The number of hydrogen-bond donors (Lipinski definition) is 2. The number of fused-ring (bicyclic) bond motifs is 1. The lowest BCUT2D eigenvalue weighted by molar-refractivity contribution is 0.413. The van der Waals surface area contributed by atoms with Crippen molar-refractivity contribution in [3.63, 3.8) is 0 Å². The minimum Gasteiger partial charge on any atom is -0.495 e. The molecular weight excluding hydrogens is 445 g/mol. The van der Waals surface area contributed by atoms with Gasteiger partial charge in [-0.25, -0.2) is 22.8 Å². The summed E-state index contributed by atoms with van der Waals surface area (Å²) in [5.74, 6) is -0.624. The Morgan fingerprint density at radius 3 is 2.70 bits per heavy atom. The Bertz CT molecular complexity index is 1410. The Morgan fingerprint density at radius 2 is 2.03 bits per heavy atom. The van der Waals surface area contributed by atoms with Gasteiger partial charge >= 0.3 is 0 Å². The number of ether oxygens (including phenoxy) is 1. The van der Waals surface area contributed by atoms with E-state index in [0.717, 1.165) is 41.7 Å². The fourth-order valence-corrected chi connectivity index (χ4v) is 4.53. The van der Waals surface area contributed by atoms with E-state index in [1.54, 1.807) is 18.3 Å². The standard InChI is InChI=1S/C23H22FN5O3S/c1-23(2)12-27-21-14(11-25)7-13(8-15(21)23)17-5-6-26-22(28-17)29-18-9-16(24)20(33(4,30)31)10-19(18)32-3/h5-10,27H,12H2,1-4H3,(H,26,28,29). The molecule has 2 heterocycles. The van der Waals surface area contributed by atoms with Gasteiger partial charge in [0.25, 0.3) is 0 Å². The molecule has 1 aromatic heterocycles. The molecule has 0 atom stereocenters. The van der Waals surface area contributed by atoms with Crippen LogP contribution in [0, 0.1) is 17.1 Å². The summed E-state index contributed by atoms with van der Waals surface area (Å²) >= 11 is 0. The van der Waals surface area contributed by atoms with E-state index in [1.165, 1.54) is 7.11 Å². The Labute approximate surface area is 191 Å². The lowest BCUT2D eigenvalue weighted by Crippen LogP contribution is -2.18. The van der Waals surface area contributed by atoms with Gasteiger partial charge in [0.1, 0.15) is 22.5 Å². The largest absolute Gasteiger partial charge is 0.495 e. The second-order valence-corrected chi connectivity index (χ2v) is 10.4. The highest BCUT2D eigenvalue weighted by atomic mass is 32.2. The quantitative estimate of drug-likeness (QED) is 0.578. The van der Waals surface area contributed by atoms with Gasteiger partial charge < -0.3 is 15.4 Å². The SMILES string of the molecule is COc1cc(S(C)(=O)=O)c(F)cc1Nc1nccc(-c2cc(C#N)c3c(c2)C(C)(C)CN3)n1. The number of methoxy groups -OCH3 is 1. The van der Waals surface area contributed by atoms with Gasteiger partial charge in [-0.1, -0.05) is 13.8 Å². The van der Waals surface area contributed by atoms with Crippen LogP contribution in [0.5, 0.6) is 5.75 Å². The van der Waals surface area contributed by atoms with Crippen molar-refractivity contribution in [1.82, 2.24) is 9.97 Å². The first-order valence-corrected chi connectivity index (χ1v) is 11.9. The maximum atomic E-state index is 14.4. The summed E-state index contributed by atoms with van der Waals surface area (Å²) in [6.45, 7) is 4.93. The number of nitrogens with zero attached hydrogens (tertiary/aromatic N) is 3. The summed E-state index contributed by atoms with van der Waals surface area (Å²) in [5.41, 5.74) is 3.75. The van der Waals surface area contributed by atoms with Crippen molar-refractivity contribution < 1.29 is 17.5 Å². The topological polar surface area (TPSA) is 117 Å². The van der Waals surface area contributed by atoms with Crippen molar-refractivity contribution in [2.75, 3.05) is 30.5 Å². The molecule has 0 spiro atoms. The van der Waals surface area contributed by atoms with Gasteiger partial charge in [-0.05, 0) is 23.8 Å². The molecule has 3 aromatic rings. The van der Waals surface area contributed by atoms with Gasteiger partial charge in [-0.3, -0.25) is 0 Å². The van der Waals surface area contributed by atoms with Gasteiger partial charge in [-0.2, -0.15) is 5.26 Å². The van der Waals surface area contributed by atoms with Crippen molar-refractivity contribution in [3.05, 3.63) is 53.5 Å². The molecule has 4 rings (SSSR count). The molecule has 2 N–H and O–H groups in total. The van der Waals surface area contributed by atoms with Crippen molar-refractivity contribution in [3.8, 4) is 23.1 Å². The molecule has 170 valence electrons. The monoisotopic (exact) mass is 467 g/mol. The second-order valence-electron chi connectivity index (χ2n) is 8.44. The van der Waals surface area contributed by atoms with Crippen molar-refractivity contribution >= 4 is 27.2 Å². The molecule has 10 heteroatoms. The normalized spacial score (nSPS) is 14.2. The fourth-order valence-electron chi connectivity index (χ4n) is 3.79. The highest BCUT2D eigenvalue weighted by Gasteiger charge is 2.32. The highest BCUT2D eigenvalue weighted by Crippen LogP contribution is 2.41. The highest BCUT2D eigenvalue weighted by molar-refractivity contribution is 7.90. The predicted molar refractivity (Wildman–Crippen MR) is 123 cm³/mol. The number of rotatable bonds is 5. The number of aromatic nitrogens is 2. The van der Waals surface area contributed by atoms with E-state index in [0.29, 0.717) is 11.3 Å². The van der Waals surface area contributed by atoms with Crippen LogP contribution in [0.15, 0.2) is 41.4 Å². The smallest absolute Gasteiger partial charge is 0.227 e. The number of nitriles is 1. The molecule has 1 aliphatic heterocycles. The van der Waals surface area contributed by atoms with E-state index < -0.39 is 20.5 Å². The van der Waals surface area contributed by atoms with Crippen LogP contribution in [0.2, 0.25) is 0 Å². The third-order valence-corrected chi connectivity index (χ3v) is 6.66. The van der Waals surface area contributed by atoms with E-state index in [9.17, 15) is 18.1 Å². The van der Waals surface area contributed by atoms with Crippen LogP contribution in [0.1, 0.15) is 25.0 Å². The maximum absolute atomic E-state index is 14.4. The molecule has 1 aliphatic rings. The third-order valence-electron chi connectivity index (χ3n) is 5.55. The van der Waals surface area contributed by atoms with Crippen LogP contribution < -0.4 is 15.4 Å². The molecule has 0 saturated carbocycles. The molecule has 8 nitrogen and oxygen atoms in total. The van der Waals surface area contributed by atoms with E-state index in [2.05, 4.69) is 40.5 Å². The van der Waals surface area contributed by atoms with Crippen LogP contribution in [-0.4, -0.2) is 38.3 Å². The minimum absolute atomic E-state index is 0.128. The number of anilines is 3. The zero-order valence-corrected chi connectivity index (χ0v) is 19.3. The predicted octanol–water partition coefficient (Wildman–Crippen LogP) is 4.01. The number of hydrogen-bond acceptors (Lipinski definition) is 8. The third kappa shape index (κ3) is 4.19. The van der Waals surface area contributed by atoms with Gasteiger partial charge in [0.05, 0.1) is 29.7 Å². The first-order valence-electron chi connectivity index (χ1n) is 10.0. The van der Waals surface area contributed by atoms with Crippen LogP contribution in [-0.2, 0) is 15.3 Å². The van der Waals surface area contributed by atoms with E-state index >= 15 is 0 Å². The average Bonchev–Trinajstić information content (AvgIpc) is 3.07. The van der Waals surface area contributed by atoms with Crippen LogP contribution >= 0.6 is 0 Å². The summed E-state index contributed by atoms with van der Waals surface area (Å²) < 4.78 is 43.3. The first-order chi connectivity index (χ1) is 15.5. The van der Waals surface area contributed by atoms with Crippen molar-refractivity contribution in [1.29, 1.82) is 5.26 Å². The number of halogens is 1. The molecule has 33 heavy (non-hydrogen) atoms. The van der Waals surface area contributed by atoms with Crippen LogP contribution in [0.25, 0.3) is 11.3 Å². The van der Waals surface area contributed by atoms with Crippen LogP contribution in [0.3, 0.4) is 0 Å². The second kappa shape index (κ2) is 8.01. The molecule has 0 radical (unpaired) electrons. The Kier molecular flexibility index (Phi) is 5.46. The van der Waals surface area contributed by atoms with E-state index in [1.807, 2.05) is 6.07 Å². The van der Waals surface area contributed by atoms with Crippen molar-refractivity contribution in [2.45, 2.75) is 24.2 Å². The summed E-state index contributed by atoms with van der Waals surface area (Å²) in [6.07, 6.45) is 2.47. The first kappa shape index (κ1) is 22.5. The Hall–Kier alpha value is -3.71. The average molecular weight is 468 g/mol. The Morgan fingerprint density at radius 1 is 1.27 bits per heavy atom. The maximum Gasteiger partial charge on any atom is 0.227 e. The molecule has 0 aliphatic carbocycles. The number of benzene rings is 2. The van der Waals surface area contributed by atoms with Gasteiger partial charge in [0.2, 0.25) is 5.95 Å².